The van der Waals surface area contributed by atoms with Crippen LogP contribution in [0.2, 0.25) is 18.1 Å². The zero-order valence-electron chi connectivity index (χ0n) is 23.6. The highest BCUT2D eigenvalue weighted by Crippen LogP contribution is 2.38. The molecule has 0 saturated heterocycles. The lowest BCUT2D eigenvalue weighted by Gasteiger charge is -2.40. The van der Waals surface area contributed by atoms with E-state index in [1.54, 1.807) is 37.3 Å². The molecule has 1 heterocycles. The van der Waals surface area contributed by atoms with E-state index >= 15 is 0 Å². The number of hydrogen-bond acceptors (Lipinski definition) is 5. The quantitative estimate of drug-likeness (QED) is 0.331. The molecular formula is C30H40N2O5Si. The molecule has 0 aliphatic heterocycles. The molecule has 0 N–H and O–H groups in total. The third-order valence-corrected chi connectivity index (χ3v) is 11.9. The van der Waals surface area contributed by atoms with Gasteiger partial charge in [0.1, 0.15) is 0 Å². The molecule has 0 fully saturated rings. The van der Waals surface area contributed by atoms with Crippen LogP contribution in [-0.4, -0.2) is 36.1 Å². The Kier molecular flexibility index (Phi) is 9.46. The highest BCUT2D eigenvalue weighted by atomic mass is 28.4. The van der Waals surface area contributed by atoms with Crippen LogP contribution in [-0.2, 0) is 22.3 Å². The number of carbonyl (C=O) groups is 1. The van der Waals surface area contributed by atoms with Crippen molar-refractivity contribution in [3.63, 3.8) is 0 Å². The first-order valence-corrected chi connectivity index (χ1v) is 15.9. The molecule has 204 valence electrons. The second kappa shape index (κ2) is 12.2. The monoisotopic (exact) mass is 536 g/mol. The highest BCUT2D eigenvalue weighted by molar-refractivity contribution is 6.74. The van der Waals surface area contributed by atoms with Gasteiger partial charge >= 0.3 is 5.69 Å². The molecule has 0 amide bonds. The van der Waals surface area contributed by atoms with Crippen molar-refractivity contribution in [3.05, 3.63) is 104 Å². The summed E-state index contributed by atoms with van der Waals surface area (Å²) in [4.78, 5) is 39.5. The van der Waals surface area contributed by atoms with Crippen LogP contribution in [0, 0.1) is 12.8 Å². The summed E-state index contributed by atoms with van der Waals surface area (Å²) in [5.41, 5.74) is 0.376. The Morgan fingerprint density at radius 2 is 1.55 bits per heavy atom. The number of rotatable bonds is 10. The molecule has 38 heavy (non-hydrogen) atoms. The van der Waals surface area contributed by atoms with Gasteiger partial charge in [-0.15, -0.1) is 0 Å². The van der Waals surface area contributed by atoms with Crippen LogP contribution < -0.4 is 11.2 Å². The van der Waals surface area contributed by atoms with Gasteiger partial charge in [-0.05, 0) is 49.7 Å². The van der Waals surface area contributed by atoms with E-state index in [2.05, 4.69) is 33.9 Å². The van der Waals surface area contributed by atoms with Gasteiger partial charge in [0.15, 0.2) is 8.32 Å². The van der Waals surface area contributed by atoms with Gasteiger partial charge in [0.25, 0.3) is 11.5 Å². The van der Waals surface area contributed by atoms with Crippen LogP contribution in [0.4, 0.5) is 0 Å². The van der Waals surface area contributed by atoms with Crippen LogP contribution in [0.15, 0.2) is 76.4 Å². The fourth-order valence-corrected chi connectivity index (χ4v) is 5.46. The Bertz CT molecular complexity index is 1340. The summed E-state index contributed by atoms with van der Waals surface area (Å²) < 4.78 is 15.0. The van der Waals surface area contributed by atoms with E-state index in [9.17, 15) is 14.4 Å². The van der Waals surface area contributed by atoms with E-state index in [-0.39, 0.29) is 29.2 Å². The van der Waals surface area contributed by atoms with E-state index in [1.807, 2.05) is 37.3 Å². The van der Waals surface area contributed by atoms with Crippen LogP contribution in [0.25, 0.3) is 0 Å². The second-order valence-corrected chi connectivity index (χ2v) is 16.2. The van der Waals surface area contributed by atoms with Crippen LogP contribution >= 0.6 is 0 Å². The van der Waals surface area contributed by atoms with Crippen molar-refractivity contribution in [1.82, 2.24) is 9.13 Å². The summed E-state index contributed by atoms with van der Waals surface area (Å²) in [5.74, 6) is -0.830. The summed E-state index contributed by atoms with van der Waals surface area (Å²) in [5, 5.41) is 0.0134. The van der Waals surface area contributed by atoms with Crippen molar-refractivity contribution >= 4 is 14.2 Å². The Morgan fingerprint density at radius 3 is 2.13 bits per heavy atom. The molecule has 0 aliphatic carbocycles. The van der Waals surface area contributed by atoms with Crippen molar-refractivity contribution in [1.29, 1.82) is 0 Å². The smallest absolute Gasteiger partial charge is 0.338 e. The van der Waals surface area contributed by atoms with Gasteiger partial charge in [0.05, 0.1) is 13.2 Å². The number of carbonyl (C=O) groups excluding carboxylic acids is 1. The summed E-state index contributed by atoms with van der Waals surface area (Å²) in [7, 11) is -2.11. The molecule has 7 nitrogen and oxygen atoms in total. The lowest BCUT2D eigenvalue weighted by atomic mass is 10.0. The first-order valence-electron chi connectivity index (χ1n) is 13.0. The maximum absolute atomic E-state index is 13.5. The standard InChI is InChI=1S/C30H40N2O5Si/c1-22-18-31(29(35)32(27(22)33)28(34)25-16-12-9-13-17-25)19-26(21-36-20-24-14-10-8-11-15-24)23(2)37-38(6,7)30(3,4)5/h8-18,23,26H,19-21H2,1-7H3/t23-,26-/m1/s1. The van der Waals surface area contributed by atoms with Crippen molar-refractivity contribution < 1.29 is 14.0 Å². The third-order valence-electron chi connectivity index (χ3n) is 7.38. The SMILES string of the molecule is Cc1cn(C[C@H](COCc2ccccc2)[C@@H](C)O[Si](C)(C)C(C)(C)C)c(=O)n(C(=O)c2ccccc2)c1=O. The molecule has 0 spiro atoms. The number of aryl methyl sites for hydroxylation is 1. The number of nitrogens with zero attached hydrogens (tertiary/aromatic N) is 2. The number of aromatic nitrogens is 2. The predicted octanol–water partition coefficient (Wildman–Crippen LogP) is 5.25. The first kappa shape index (κ1) is 29.5. The van der Waals surface area contributed by atoms with Crippen LogP contribution in [0.1, 0.15) is 49.2 Å². The van der Waals surface area contributed by atoms with E-state index in [1.165, 1.54) is 10.8 Å². The number of ether oxygens (including phenoxy) is 1. The largest absolute Gasteiger partial charge is 0.414 e. The minimum Gasteiger partial charge on any atom is -0.414 e. The molecule has 3 aromatic rings. The van der Waals surface area contributed by atoms with Crippen molar-refractivity contribution in [2.45, 2.75) is 72.0 Å². The summed E-state index contributed by atoms with van der Waals surface area (Å²) in [6.07, 6.45) is 1.31. The Hall–Kier alpha value is -3.07. The van der Waals surface area contributed by atoms with Crippen molar-refractivity contribution in [2.75, 3.05) is 6.61 Å². The van der Waals surface area contributed by atoms with Crippen molar-refractivity contribution in [3.8, 4) is 0 Å². The topological polar surface area (TPSA) is 79.5 Å². The lowest BCUT2D eigenvalue weighted by Crippen LogP contribution is -2.48. The molecule has 0 unspecified atom stereocenters. The minimum atomic E-state index is -2.11. The van der Waals surface area contributed by atoms with Crippen LogP contribution in [0.5, 0.6) is 0 Å². The molecular weight excluding hydrogens is 496 g/mol. The molecule has 8 heteroatoms. The van der Waals surface area contributed by atoms with E-state index in [4.69, 9.17) is 9.16 Å². The average molecular weight is 537 g/mol. The van der Waals surface area contributed by atoms with Gasteiger partial charge < -0.3 is 9.16 Å². The lowest BCUT2D eigenvalue weighted by molar-refractivity contribution is 0.0255. The maximum Gasteiger partial charge on any atom is 0.338 e. The molecule has 0 radical (unpaired) electrons. The van der Waals surface area contributed by atoms with Gasteiger partial charge in [-0.1, -0.05) is 69.3 Å². The summed E-state index contributed by atoms with van der Waals surface area (Å²) in [6.45, 7) is 15.6. The van der Waals surface area contributed by atoms with Gasteiger partial charge in [0.2, 0.25) is 0 Å². The van der Waals surface area contributed by atoms with E-state index < -0.39 is 25.5 Å². The fraction of sp³-hybridized carbons (Fsp3) is 0.433. The van der Waals surface area contributed by atoms with Gasteiger partial charge in [-0.3, -0.25) is 14.2 Å². The molecule has 3 rings (SSSR count). The molecule has 0 aliphatic rings. The molecule has 2 aromatic carbocycles. The Balaban J connectivity index is 1.94. The van der Waals surface area contributed by atoms with Crippen molar-refractivity contribution in [2.24, 2.45) is 5.92 Å². The molecule has 1 aromatic heterocycles. The highest BCUT2D eigenvalue weighted by Gasteiger charge is 2.40. The van der Waals surface area contributed by atoms with Gasteiger partial charge in [-0.25, -0.2) is 4.79 Å². The first-order chi connectivity index (χ1) is 17.8. The number of hydrogen-bond donors (Lipinski definition) is 0. The average Bonchev–Trinajstić information content (AvgIpc) is 2.86. The number of benzene rings is 2. The zero-order valence-corrected chi connectivity index (χ0v) is 24.6. The zero-order chi connectivity index (χ0) is 28.1. The van der Waals surface area contributed by atoms with E-state index in [0.29, 0.717) is 18.8 Å². The minimum absolute atomic E-state index is 0.0134. The molecule has 0 bridgehead atoms. The molecule has 0 saturated carbocycles. The Labute approximate surface area is 226 Å². The van der Waals surface area contributed by atoms with E-state index in [0.717, 1.165) is 10.1 Å². The fourth-order valence-electron chi connectivity index (χ4n) is 3.99. The third kappa shape index (κ3) is 7.06. The predicted molar refractivity (Wildman–Crippen MR) is 153 cm³/mol. The maximum atomic E-state index is 13.5. The normalized spacial score (nSPS) is 13.8. The summed E-state index contributed by atoms with van der Waals surface area (Å²) in [6, 6.07) is 18.3. The van der Waals surface area contributed by atoms with Gasteiger partial charge in [0, 0.05) is 35.9 Å². The second-order valence-electron chi connectivity index (χ2n) is 11.4. The Morgan fingerprint density at radius 1 is 0.974 bits per heavy atom. The molecule has 2 atom stereocenters. The van der Waals surface area contributed by atoms with Gasteiger partial charge in [-0.2, -0.15) is 4.57 Å². The summed E-state index contributed by atoms with van der Waals surface area (Å²) >= 11 is 0. The van der Waals surface area contributed by atoms with Crippen LogP contribution in [0.3, 0.4) is 0 Å².